The molecule has 0 spiro atoms. The van der Waals surface area contributed by atoms with E-state index >= 15 is 0 Å². The fourth-order valence-electron chi connectivity index (χ4n) is 5.03. The number of halogens is 3. The van der Waals surface area contributed by atoms with Crippen LogP contribution in [0, 0.1) is 11.3 Å². The number of nitrogens with zero attached hydrogens (tertiary/aromatic N) is 2. The Morgan fingerprint density at radius 3 is 2.31 bits per heavy atom. The summed E-state index contributed by atoms with van der Waals surface area (Å²) < 4.78 is 44.7. The first kappa shape index (κ1) is 31.2. The smallest absolute Gasteiger partial charge is 0.388 e. The molecule has 2 unspecified atom stereocenters. The summed E-state index contributed by atoms with van der Waals surface area (Å²) in [7, 11) is 0. The van der Waals surface area contributed by atoms with Crippen LogP contribution in [0.1, 0.15) is 125 Å². The first-order valence-corrected chi connectivity index (χ1v) is 13.9. The van der Waals surface area contributed by atoms with E-state index in [2.05, 4.69) is 39.6 Å². The number of hydrogen-bond acceptors (Lipinski definition) is 5. The van der Waals surface area contributed by atoms with Crippen molar-refractivity contribution in [2.45, 2.75) is 98.5 Å². The highest BCUT2D eigenvalue weighted by atomic mass is 19.4. The maximum atomic E-state index is 13.1. The van der Waals surface area contributed by atoms with Gasteiger partial charge in [0.15, 0.2) is 0 Å². The van der Waals surface area contributed by atoms with Crippen LogP contribution >= 0.6 is 0 Å². The monoisotopic (exact) mass is 548 g/mol. The van der Waals surface area contributed by atoms with E-state index in [9.17, 15) is 23.4 Å². The summed E-state index contributed by atoms with van der Waals surface area (Å²) in [5, 5.41) is 22.7. The minimum Gasteiger partial charge on any atom is -0.388 e. The van der Waals surface area contributed by atoms with Gasteiger partial charge in [0, 0.05) is 23.0 Å². The Morgan fingerprint density at radius 2 is 1.82 bits per heavy atom. The molecule has 8 heteroatoms. The average Bonchev–Trinajstić information content (AvgIpc) is 2.86. The van der Waals surface area contributed by atoms with Gasteiger partial charge >= 0.3 is 6.18 Å². The Hall–Kier alpha value is -2.29. The van der Waals surface area contributed by atoms with E-state index in [1.165, 1.54) is 12.5 Å². The Balaban J connectivity index is 0.000000771. The van der Waals surface area contributed by atoms with E-state index in [0.29, 0.717) is 49.3 Å². The molecule has 0 saturated carbocycles. The number of alkyl halides is 3. The zero-order valence-corrected chi connectivity index (χ0v) is 24.2. The van der Waals surface area contributed by atoms with Crippen LogP contribution in [0.2, 0.25) is 0 Å². The minimum atomic E-state index is -4.51. The van der Waals surface area contributed by atoms with E-state index in [4.69, 9.17) is 9.72 Å². The lowest BCUT2D eigenvalue weighted by atomic mass is 9.71. The van der Waals surface area contributed by atoms with Crippen molar-refractivity contribution in [1.82, 2.24) is 9.97 Å². The quantitative estimate of drug-likeness (QED) is 0.403. The molecule has 1 aliphatic heterocycles. The predicted octanol–water partition coefficient (Wildman–Crippen LogP) is 7.56. The lowest BCUT2D eigenvalue weighted by molar-refractivity contribution is -0.137. The van der Waals surface area contributed by atoms with Crippen molar-refractivity contribution in [3.05, 3.63) is 63.7 Å². The van der Waals surface area contributed by atoms with Crippen LogP contribution in [0.5, 0.6) is 0 Å². The molecule has 0 saturated heterocycles. The molecule has 216 valence electrons. The van der Waals surface area contributed by atoms with Crippen LogP contribution in [0.4, 0.5) is 13.2 Å². The maximum Gasteiger partial charge on any atom is 0.417 e. The molecule has 2 aliphatic rings. The predicted molar refractivity (Wildman–Crippen MR) is 147 cm³/mol. The zero-order chi connectivity index (χ0) is 29.1. The SMILES string of the molecule is CC(C)c1nc2c(c(C3=CCOCC3)c1C(O)c1ccc(C(F)(F)F)cn1)C(O)CC(C)(C)C2.CCC(C)C. The highest BCUT2D eigenvalue weighted by Gasteiger charge is 2.38. The van der Waals surface area contributed by atoms with Gasteiger partial charge in [0.25, 0.3) is 0 Å². The van der Waals surface area contributed by atoms with Crippen molar-refractivity contribution in [3.8, 4) is 0 Å². The van der Waals surface area contributed by atoms with Crippen molar-refractivity contribution in [3.63, 3.8) is 0 Å². The topological polar surface area (TPSA) is 75.5 Å². The number of pyridine rings is 2. The highest BCUT2D eigenvalue weighted by molar-refractivity contribution is 5.74. The number of aliphatic hydroxyl groups excluding tert-OH is 2. The first-order chi connectivity index (χ1) is 18.2. The van der Waals surface area contributed by atoms with Gasteiger partial charge in [0.2, 0.25) is 0 Å². The number of ether oxygens (including phenoxy) is 1. The van der Waals surface area contributed by atoms with Crippen LogP contribution in [0.25, 0.3) is 5.57 Å². The summed E-state index contributed by atoms with van der Waals surface area (Å²) in [6, 6.07) is 2.13. The second-order valence-corrected chi connectivity index (χ2v) is 12.1. The molecule has 2 N–H and O–H groups in total. The van der Waals surface area contributed by atoms with Crippen molar-refractivity contribution in [2.24, 2.45) is 11.3 Å². The molecule has 0 aromatic carbocycles. The minimum absolute atomic E-state index is 0.0641. The van der Waals surface area contributed by atoms with Gasteiger partial charge < -0.3 is 14.9 Å². The van der Waals surface area contributed by atoms with Gasteiger partial charge in [-0.15, -0.1) is 0 Å². The molecule has 0 fully saturated rings. The number of aromatic nitrogens is 2. The van der Waals surface area contributed by atoms with Crippen LogP contribution < -0.4 is 0 Å². The second kappa shape index (κ2) is 12.5. The Kier molecular flexibility index (Phi) is 10.00. The Labute approximate surface area is 230 Å². The van der Waals surface area contributed by atoms with Crippen molar-refractivity contribution < 1.29 is 28.1 Å². The summed E-state index contributed by atoms with van der Waals surface area (Å²) in [4.78, 5) is 8.89. The molecule has 0 amide bonds. The molecule has 3 heterocycles. The summed E-state index contributed by atoms with van der Waals surface area (Å²) in [5.74, 6) is 0.820. The van der Waals surface area contributed by atoms with Gasteiger partial charge in [-0.2, -0.15) is 13.2 Å². The molecular weight excluding hydrogens is 505 g/mol. The third-order valence-corrected chi connectivity index (χ3v) is 7.42. The molecule has 2 aromatic heterocycles. The third kappa shape index (κ3) is 7.47. The Morgan fingerprint density at radius 1 is 1.15 bits per heavy atom. The highest BCUT2D eigenvalue weighted by Crippen LogP contribution is 2.47. The molecule has 1 aliphatic carbocycles. The fraction of sp³-hybridized carbons (Fsp3) is 0.613. The van der Waals surface area contributed by atoms with Crippen molar-refractivity contribution in [1.29, 1.82) is 0 Å². The van der Waals surface area contributed by atoms with Crippen molar-refractivity contribution >= 4 is 5.57 Å². The number of rotatable bonds is 5. The van der Waals surface area contributed by atoms with Crippen LogP contribution in [0.3, 0.4) is 0 Å². The third-order valence-electron chi connectivity index (χ3n) is 7.42. The van der Waals surface area contributed by atoms with Crippen LogP contribution in [-0.4, -0.2) is 33.4 Å². The fourth-order valence-corrected chi connectivity index (χ4v) is 5.03. The number of aliphatic hydroxyl groups is 2. The molecule has 39 heavy (non-hydrogen) atoms. The summed E-state index contributed by atoms with van der Waals surface area (Å²) in [5.41, 5.74) is 3.49. The average molecular weight is 549 g/mol. The van der Waals surface area contributed by atoms with E-state index in [0.717, 1.165) is 35.0 Å². The van der Waals surface area contributed by atoms with E-state index in [1.54, 1.807) is 0 Å². The Bertz CT molecular complexity index is 1160. The molecule has 4 rings (SSSR count). The second-order valence-electron chi connectivity index (χ2n) is 12.1. The summed E-state index contributed by atoms with van der Waals surface area (Å²) in [6.45, 7) is 15.7. The van der Waals surface area contributed by atoms with Gasteiger partial charge in [-0.3, -0.25) is 9.97 Å². The van der Waals surface area contributed by atoms with Gasteiger partial charge in [-0.1, -0.05) is 61.0 Å². The number of fused-ring (bicyclic) bond motifs is 1. The molecule has 2 atom stereocenters. The van der Waals surface area contributed by atoms with Crippen LogP contribution in [0.15, 0.2) is 24.4 Å². The lowest BCUT2D eigenvalue weighted by Crippen LogP contribution is -2.30. The van der Waals surface area contributed by atoms with Crippen LogP contribution in [-0.2, 0) is 17.3 Å². The van der Waals surface area contributed by atoms with E-state index in [1.807, 2.05) is 19.9 Å². The normalized spacial score (nSPS) is 19.7. The maximum absolute atomic E-state index is 13.1. The van der Waals surface area contributed by atoms with Gasteiger partial charge in [0.1, 0.15) is 6.10 Å². The largest absolute Gasteiger partial charge is 0.417 e. The lowest BCUT2D eigenvalue weighted by Gasteiger charge is -2.38. The molecule has 0 bridgehead atoms. The number of hydrogen-bond donors (Lipinski definition) is 2. The van der Waals surface area contributed by atoms with Gasteiger partial charge in [-0.25, -0.2) is 0 Å². The molecule has 2 aromatic rings. The van der Waals surface area contributed by atoms with E-state index in [-0.39, 0.29) is 17.0 Å². The van der Waals surface area contributed by atoms with Gasteiger partial charge in [-0.05, 0) is 59.8 Å². The standard InChI is InChI=1S/C26H31F3N2O3.C5H12/c1-14(2)23-22(24(33)17-6-5-16(13-30-17)26(27,28)29)20(15-7-9-34-10-8-15)21-18(31-23)11-25(3,4)12-19(21)32;1-4-5(2)3/h5-7,13-14,19,24,32-33H,8-12H2,1-4H3;5H,4H2,1-3H3. The molecular formula is C31H43F3N2O3. The zero-order valence-electron chi connectivity index (χ0n) is 24.2. The first-order valence-electron chi connectivity index (χ1n) is 13.9. The summed E-state index contributed by atoms with van der Waals surface area (Å²) in [6.07, 6.45) is -0.739. The van der Waals surface area contributed by atoms with Crippen molar-refractivity contribution in [2.75, 3.05) is 13.2 Å². The van der Waals surface area contributed by atoms with E-state index < -0.39 is 23.9 Å². The molecule has 5 nitrogen and oxygen atoms in total. The molecule has 0 radical (unpaired) electrons. The van der Waals surface area contributed by atoms with Gasteiger partial charge in [0.05, 0.1) is 36.3 Å². The summed E-state index contributed by atoms with van der Waals surface area (Å²) >= 11 is 0.